The van der Waals surface area contributed by atoms with Crippen LogP contribution in [0.3, 0.4) is 0 Å². The van der Waals surface area contributed by atoms with E-state index in [-0.39, 0.29) is 19.3 Å². The van der Waals surface area contributed by atoms with Crippen LogP contribution in [0.2, 0.25) is 0 Å². The Morgan fingerprint density at radius 3 is 2.83 bits per heavy atom. The number of hydrogen-bond acceptors (Lipinski definition) is 4. The summed E-state index contributed by atoms with van der Waals surface area (Å²) in [4.78, 5) is 0. The van der Waals surface area contributed by atoms with Crippen LogP contribution < -0.4 is 11.5 Å². The highest BCUT2D eigenvalue weighted by molar-refractivity contribution is 5.22. The highest BCUT2D eigenvalue weighted by atomic mass is 16.5. The molecule has 12 heavy (non-hydrogen) atoms. The van der Waals surface area contributed by atoms with Gasteiger partial charge in [-0.25, -0.2) is 0 Å². The number of ether oxygens (including phenoxy) is 1. The second kappa shape index (κ2) is 3.82. The Hall–Kier alpha value is -0.680. The zero-order valence-electron chi connectivity index (χ0n) is 6.81. The number of hydrogen-bond donors (Lipinski definition) is 3. The summed E-state index contributed by atoms with van der Waals surface area (Å²) in [6.07, 6.45) is 7.05. The smallest absolute Gasteiger partial charge is 0.155 e. The SMILES string of the molecule is NC1C=CC=CC1(N)OCCO. The normalized spacial score (nSPS) is 34.1. The summed E-state index contributed by atoms with van der Waals surface area (Å²) >= 11 is 0. The lowest BCUT2D eigenvalue weighted by Crippen LogP contribution is -2.56. The standard InChI is InChI=1S/C8H14N2O2/c9-7-3-1-2-4-8(7,10)12-6-5-11/h1-4,7,11H,5-6,9-10H2. The molecular weight excluding hydrogens is 156 g/mol. The highest BCUT2D eigenvalue weighted by Crippen LogP contribution is 2.14. The molecule has 0 radical (unpaired) electrons. The minimum Gasteiger partial charge on any atom is -0.394 e. The maximum Gasteiger partial charge on any atom is 0.155 e. The van der Waals surface area contributed by atoms with Gasteiger partial charge in [-0.3, -0.25) is 5.73 Å². The Kier molecular flexibility index (Phi) is 2.99. The number of nitrogens with two attached hydrogens (primary N) is 2. The molecule has 4 heteroatoms. The fourth-order valence-electron chi connectivity index (χ4n) is 1.02. The first-order valence-electron chi connectivity index (χ1n) is 3.84. The van der Waals surface area contributed by atoms with Crippen molar-refractivity contribution in [3.63, 3.8) is 0 Å². The molecule has 0 saturated carbocycles. The van der Waals surface area contributed by atoms with Crippen LogP contribution in [0.15, 0.2) is 24.3 Å². The third-order valence-electron chi connectivity index (χ3n) is 1.75. The van der Waals surface area contributed by atoms with Gasteiger partial charge in [-0.2, -0.15) is 0 Å². The monoisotopic (exact) mass is 170 g/mol. The third kappa shape index (κ3) is 1.92. The number of allylic oxidation sites excluding steroid dienone is 2. The molecule has 5 N–H and O–H groups in total. The molecule has 0 aromatic carbocycles. The van der Waals surface area contributed by atoms with E-state index in [0.29, 0.717) is 0 Å². The summed E-state index contributed by atoms with van der Waals surface area (Å²) < 4.78 is 5.20. The van der Waals surface area contributed by atoms with Crippen LogP contribution in [0.1, 0.15) is 0 Å². The second-order valence-corrected chi connectivity index (χ2v) is 2.70. The van der Waals surface area contributed by atoms with Gasteiger partial charge in [0.25, 0.3) is 0 Å². The molecule has 4 nitrogen and oxygen atoms in total. The molecule has 2 atom stereocenters. The van der Waals surface area contributed by atoms with Gasteiger partial charge < -0.3 is 15.6 Å². The lowest BCUT2D eigenvalue weighted by molar-refractivity contribution is -0.0289. The van der Waals surface area contributed by atoms with Gasteiger partial charge in [0.05, 0.1) is 19.3 Å². The summed E-state index contributed by atoms with van der Waals surface area (Å²) in [5.41, 5.74) is 10.5. The summed E-state index contributed by atoms with van der Waals surface area (Å²) in [5.74, 6) is 0. The molecule has 0 aromatic heterocycles. The fourth-order valence-corrected chi connectivity index (χ4v) is 1.02. The summed E-state index contributed by atoms with van der Waals surface area (Å²) in [6, 6.07) is -0.353. The van der Waals surface area contributed by atoms with E-state index in [1.807, 2.05) is 6.08 Å². The van der Waals surface area contributed by atoms with Gasteiger partial charge in [0, 0.05) is 0 Å². The van der Waals surface area contributed by atoms with Crippen molar-refractivity contribution in [1.82, 2.24) is 0 Å². The minimum absolute atomic E-state index is 0.0524. The van der Waals surface area contributed by atoms with E-state index in [2.05, 4.69) is 0 Å². The Labute approximate surface area is 71.5 Å². The summed E-state index contributed by atoms with van der Waals surface area (Å²) in [7, 11) is 0. The molecule has 1 rings (SSSR count). The molecule has 0 saturated heterocycles. The number of rotatable bonds is 3. The molecule has 0 aromatic rings. The largest absolute Gasteiger partial charge is 0.394 e. The van der Waals surface area contributed by atoms with E-state index in [9.17, 15) is 0 Å². The first-order chi connectivity index (χ1) is 5.69. The summed E-state index contributed by atoms with van der Waals surface area (Å²) in [5, 5.41) is 8.53. The van der Waals surface area contributed by atoms with Gasteiger partial charge in [-0.15, -0.1) is 0 Å². The van der Waals surface area contributed by atoms with Crippen molar-refractivity contribution < 1.29 is 9.84 Å². The maximum atomic E-state index is 8.53. The molecule has 0 bridgehead atoms. The molecule has 1 aliphatic carbocycles. The molecule has 0 amide bonds. The van der Waals surface area contributed by atoms with Crippen LogP contribution in [-0.2, 0) is 4.74 Å². The quantitative estimate of drug-likeness (QED) is 0.480. The average molecular weight is 170 g/mol. The van der Waals surface area contributed by atoms with Crippen molar-refractivity contribution >= 4 is 0 Å². The van der Waals surface area contributed by atoms with Gasteiger partial charge in [0.1, 0.15) is 0 Å². The van der Waals surface area contributed by atoms with E-state index in [1.165, 1.54) is 0 Å². The fraction of sp³-hybridized carbons (Fsp3) is 0.500. The van der Waals surface area contributed by atoms with Crippen LogP contribution in [-0.4, -0.2) is 30.1 Å². The Bertz CT molecular complexity index is 203. The Morgan fingerprint density at radius 2 is 2.25 bits per heavy atom. The minimum atomic E-state index is -0.961. The summed E-state index contributed by atoms with van der Waals surface area (Å²) in [6.45, 7) is 0.144. The van der Waals surface area contributed by atoms with Gasteiger partial charge >= 0.3 is 0 Å². The third-order valence-corrected chi connectivity index (χ3v) is 1.75. The maximum absolute atomic E-state index is 8.53. The van der Waals surface area contributed by atoms with E-state index in [1.54, 1.807) is 18.2 Å². The molecule has 1 aliphatic rings. The van der Waals surface area contributed by atoms with Crippen molar-refractivity contribution in [2.24, 2.45) is 11.5 Å². The van der Waals surface area contributed by atoms with Crippen molar-refractivity contribution in [2.45, 2.75) is 11.8 Å². The lowest BCUT2D eigenvalue weighted by Gasteiger charge is -2.31. The van der Waals surface area contributed by atoms with Gasteiger partial charge in [0.15, 0.2) is 5.72 Å². The molecule has 0 heterocycles. The van der Waals surface area contributed by atoms with Gasteiger partial charge in [0.2, 0.25) is 0 Å². The Balaban J connectivity index is 2.57. The van der Waals surface area contributed by atoms with Gasteiger partial charge in [-0.1, -0.05) is 18.2 Å². The van der Waals surface area contributed by atoms with Crippen molar-refractivity contribution in [1.29, 1.82) is 0 Å². The molecule has 0 spiro atoms. The van der Waals surface area contributed by atoms with Crippen LogP contribution >= 0.6 is 0 Å². The Morgan fingerprint density at radius 1 is 1.50 bits per heavy atom. The number of aliphatic hydroxyl groups is 1. The van der Waals surface area contributed by atoms with Crippen LogP contribution in [0.25, 0.3) is 0 Å². The van der Waals surface area contributed by atoms with Crippen LogP contribution in [0.5, 0.6) is 0 Å². The zero-order valence-corrected chi connectivity index (χ0v) is 6.81. The molecule has 0 fully saturated rings. The van der Waals surface area contributed by atoms with Crippen molar-refractivity contribution in [3.05, 3.63) is 24.3 Å². The van der Waals surface area contributed by atoms with E-state index < -0.39 is 5.72 Å². The second-order valence-electron chi connectivity index (χ2n) is 2.70. The van der Waals surface area contributed by atoms with E-state index in [0.717, 1.165) is 0 Å². The van der Waals surface area contributed by atoms with E-state index >= 15 is 0 Å². The lowest BCUT2D eigenvalue weighted by atomic mass is 10.0. The van der Waals surface area contributed by atoms with Crippen LogP contribution in [0, 0.1) is 0 Å². The predicted octanol–water partition coefficient (Wildman–Crippen LogP) is -0.896. The topological polar surface area (TPSA) is 81.5 Å². The first kappa shape index (κ1) is 9.41. The van der Waals surface area contributed by atoms with Crippen molar-refractivity contribution in [3.8, 4) is 0 Å². The molecule has 0 aliphatic heterocycles. The van der Waals surface area contributed by atoms with Crippen molar-refractivity contribution in [2.75, 3.05) is 13.2 Å². The molecule has 2 unspecified atom stereocenters. The first-order valence-corrected chi connectivity index (χ1v) is 3.84. The average Bonchev–Trinajstić information content (AvgIpc) is 2.07. The molecule has 68 valence electrons. The predicted molar refractivity (Wildman–Crippen MR) is 46.2 cm³/mol. The zero-order chi connectivity index (χ0) is 9.03. The van der Waals surface area contributed by atoms with Gasteiger partial charge in [-0.05, 0) is 6.08 Å². The van der Waals surface area contributed by atoms with E-state index in [4.69, 9.17) is 21.3 Å². The number of aliphatic hydroxyl groups excluding tert-OH is 1. The molecular formula is C8H14N2O2. The van der Waals surface area contributed by atoms with Crippen LogP contribution in [0.4, 0.5) is 0 Å². The highest BCUT2D eigenvalue weighted by Gasteiger charge is 2.29.